The van der Waals surface area contributed by atoms with Crippen LogP contribution < -0.4 is 0 Å². The number of hydrogen-bond donors (Lipinski definition) is 0. The van der Waals surface area contributed by atoms with Gasteiger partial charge in [-0.05, 0) is 18.8 Å². The largest absolute Gasteiger partial charge is 0.466 e. The average Bonchev–Trinajstić information content (AvgIpc) is 2.20. The summed E-state index contributed by atoms with van der Waals surface area (Å²) in [6, 6.07) is 0. The molecule has 0 aromatic heterocycles. The molecular formula is C13H26O2. The first-order chi connectivity index (χ1) is 7.16. The molecule has 0 spiro atoms. The van der Waals surface area contributed by atoms with Gasteiger partial charge in [-0.1, -0.05) is 46.5 Å². The van der Waals surface area contributed by atoms with Gasteiger partial charge in [0, 0.05) is 6.42 Å². The summed E-state index contributed by atoms with van der Waals surface area (Å²) in [6.07, 6.45) is 7.54. The highest BCUT2D eigenvalue weighted by atomic mass is 16.5. The van der Waals surface area contributed by atoms with Crippen molar-refractivity contribution in [3.05, 3.63) is 0 Å². The molecule has 0 saturated carbocycles. The van der Waals surface area contributed by atoms with Gasteiger partial charge in [0.25, 0.3) is 0 Å². The van der Waals surface area contributed by atoms with Crippen LogP contribution in [0, 0.1) is 5.92 Å². The van der Waals surface area contributed by atoms with Gasteiger partial charge in [0.15, 0.2) is 0 Å². The summed E-state index contributed by atoms with van der Waals surface area (Å²) in [5.41, 5.74) is 0. The molecule has 0 amide bonds. The van der Waals surface area contributed by atoms with Crippen LogP contribution >= 0.6 is 0 Å². The maximum absolute atomic E-state index is 11.2. The zero-order valence-electron chi connectivity index (χ0n) is 10.6. The van der Waals surface area contributed by atoms with Crippen LogP contribution in [0.5, 0.6) is 0 Å². The molecule has 15 heavy (non-hydrogen) atoms. The Labute approximate surface area is 94.4 Å². The molecule has 2 nitrogen and oxygen atoms in total. The molecule has 0 radical (unpaired) electrons. The van der Waals surface area contributed by atoms with E-state index in [9.17, 15) is 4.79 Å². The lowest BCUT2D eigenvalue weighted by Crippen LogP contribution is -2.06. The highest BCUT2D eigenvalue weighted by Crippen LogP contribution is 2.06. The lowest BCUT2D eigenvalue weighted by molar-refractivity contribution is -0.144. The first-order valence-corrected chi connectivity index (χ1v) is 6.32. The van der Waals surface area contributed by atoms with Crippen molar-refractivity contribution < 1.29 is 9.53 Å². The normalized spacial score (nSPS) is 10.7. The third-order valence-electron chi connectivity index (χ3n) is 2.44. The standard InChI is InChI=1S/C13H26O2/c1-4-5-6-7-8-11-15-13(14)10-9-12(2)3/h12H,4-11H2,1-3H3. The van der Waals surface area contributed by atoms with E-state index in [4.69, 9.17) is 4.74 Å². The van der Waals surface area contributed by atoms with E-state index in [0.29, 0.717) is 18.9 Å². The second-order valence-electron chi connectivity index (χ2n) is 4.57. The first-order valence-electron chi connectivity index (χ1n) is 6.32. The minimum Gasteiger partial charge on any atom is -0.466 e. The molecule has 0 fully saturated rings. The molecule has 0 aromatic rings. The Kier molecular flexibility index (Phi) is 9.65. The van der Waals surface area contributed by atoms with E-state index in [1.807, 2.05) is 0 Å². The minimum atomic E-state index is -0.0285. The molecule has 0 rings (SSSR count). The average molecular weight is 214 g/mol. The molecule has 0 atom stereocenters. The van der Waals surface area contributed by atoms with Gasteiger partial charge in [-0.3, -0.25) is 4.79 Å². The van der Waals surface area contributed by atoms with Crippen molar-refractivity contribution in [2.24, 2.45) is 5.92 Å². The Hall–Kier alpha value is -0.530. The van der Waals surface area contributed by atoms with Gasteiger partial charge < -0.3 is 4.74 Å². The minimum absolute atomic E-state index is 0.0285. The molecule has 0 heterocycles. The number of carbonyl (C=O) groups is 1. The Bertz CT molecular complexity index is 153. The predicted octanol–water partition coefficient (Wildman–Crippen LogP) is 3.94. The van der Waals surface area contributed by atoms with Crippen LogP contribution in [0.4, 0.5) is 0 Å². The van der Waals surface area contributed by atoms with Crippen LogP contribution in [-0.4, -0.2) is 12.6 Å². The molecule has 0 bridgehead atoms. The molecule has 0 aliphatic carbocycles. The van der Waals surface area contributed by atoms with E-state index in [1.54, 1.807) is 0 Å². The van der Waals surface area contributed by atoms with Crippen LogP contribution in [0.3, 0.4) is 0 Å². The van der Waals surface area contributed by atoms with Gasteiger partial charge in [-0.2, -0.15) is 0 Å². The molecular weight excluding hydrogens is 188 g/mol. The van der Waals surface area contributed by atoms with E-state index in [-0.39, 0.29) is 5.97 Å². The highest BCUT2D eigenvalue weighted by molar-refractivity contribution is 5.69. The molecule has 0 aliphatic heterocycles. The summed E-state index contributed by atoms with van der Waals surface area (Å²) < 4.78 is 5.13. The molecule has 0 aliphatic rings. The van der Waals surface area contributed by atoms with Crippen molar-refractivity contribution in [1.29, 1.82) is 0 Å². The van der Waals surface area contributed by atoms with Crippen LogP contribution in [0.2, 0.25) is 0 Å². The van der Waals surface area contributed by atoms with E-state index in [0.717, 1.165) is 12.8 Å². The van der Waals surface area contributed by atoms with Crippen LogP contribution in [-0.2, 0) is 9.53 Å². The quantitative estimate of drug-likeness (QED) is 0.429. The predicted molar refractivity (Wildman–Crippen MR) is 63.8 cm³/mol. The van der Waals surface area contributed by atoms with Gasteiger partial charge >= 0.3 is 5.97 Å². The summed E-state index contributed by atoms with van der Waals surface area (Å²) in [5, 5.41) is 0. The van der Waals surface area contributed by atoms with Gasteiger partial charge in [-0.15, -0.1) is 0 Å². The summed E-state index contributed by atoms with van der Waals surface area (Å²) in [5.74, 6) is 0.557. The molecule has 0 aromatic carbocycles. The fraction of sp³-hybridized carbons (Fsp3) is 0.923. The number of hydrogen-bond acceptors (Lipinski definition) is 2. The Morgan fingerprint density at radius 3 is 2.40 bits per heavy atom. The molecule has 2 heteroatoms. The van der Waals surface area contributed by atoms with Gasteiger partial charge in [0.1, 0.15) is 0 Å². The molecule has 0 unspecified atom stereocenters. The first kappa shape index (κ1) is 14.5. The van der Waals surface area contributed by atoms with Crippen LogP contribution in [0.15, 0.2) is 0 Å². The number of ether oxygens (including phenoxy) is 1. The SMILES string of the molecule is CCCCCCCOC(=O)CCC(C)C. The highest BCUT2D eigenvalue weighted by Gasteiger charge is 2.03. The molecule has 0 saturated heterocycles. The van der Waals surface area contributed by atoms with E-state index in [1.165, 1.54) is 25.7 Å². The summed E-state index contributed by atoms with van der Waals surface area (Å²) >= 11 is 0. The Morgan fingerprint density at radius 1 is 1.13 bits per heavy atom. The number of carbonyl (C=O) groups excluding carboxylic acids is 1. The monoisotopic (exact) mass is 214 g/mol. The summed E-state index contributed by atoms with van der Waals surface area (Å²) in [6.45, 7) is 7.06. The van der Waals surface area contributed by atoms with E-state index in [2.05, 4.69) is 20.8 Å². The number of unbranched alkanes of at least 4 members (excludes halogenated alkanes) is 4. The van der Waals surface area contributed by atoms with Gasteiger partial charge in [0.05, 0.1) is 6.61 Å². The van der Waals surface area contributed by atoms with Crippen molar-refractivity contribution in [3.63, 3.8) is 0 Å². The van der Waals surface area contributed by atoms with Crippen molar-refractivity contribution in [3.8, 4) is 0 Å². The zero-order chi connectivity index (χ0) is 11.5. The zero-order valence-corrected chi connectivity index (χ0v) is 10.6. The van der Waals surface area contributed by atoms with Crippen molar-refractivity contribution in [2.45, 2.75) is 65.7 Å². The van der Waals surface area contributed by atoms with Crippen LogP contribution in [0.1, 0.15) is 65.7 Å². The van der Waals surface area contributed by atoms with Crippen LogP contribution in [0.25, 0.3) is 0 Å². The number of esters is 1. The molecule has 90 valence electrons. The second-order valence-corrected chi connectivity index (χ2v) is 4.57. The fourth-order valence-corrected chi connectivity index (χ4v) is 1.37. The third kappa shape index (κ3) is 11.4. The lowest BCUT2D eigenvalue weighted by Gasteiger charge is -2.06. The third-order valence-corrected chi connectivity index (χ3v) is 2.44. The maximum atomic E-state index is 11.2. The second kappa shape index (κ2) is 10.0. The van der Waals surface area contributed by atoms with Gasteiger partial charge in [-0.25, -0.2) is 0 Å². The van der Waals surface area contributed by atoms with E-state index >= 15 is 0 Å². The summed E-state index contributed by atoms with van der Waals surface area (Å²) in [7, 11) is 0. The molecule has 0 N–H and O–H groups in total. The Balaban J connectivity index is 3.17. The topological polar surface area (TPSA) is 26.3 Å². The van der Waals surface area contributed by atoms with Gasteiger partial charge in [0.2, 0.25) is 0 Å². The van der Waals surface area contributed by atoms with Crippen molar-refractivity contribution in [1.82, 2.24) is 0 Å². The summed E-state index contributed by atoms with van der Waals surface area (Å²) in [4.78, 5) is 11.2. The Morgan fingerprint density at radius 2 is 1.80 bits per heavy atom. The van der Waals surface area contributed by atoms with E-state index < -0.39 is 0 Å². The number of rotatable bonds is 9. The van der Waals surface area contributed by atoms with Crippen molar-refractivity contribution in [2.75, 3.05) is 6.61 Å². The smallest absolute Gasteiger partial charge is 0.305 e. The fourth-order valence-electron chi connectivity index (χ4n) is 1.37. The van der Waals surface area contributed by atoms with Crippen molar-refractivity contribution >= 4 is 5.97 Å². The lowest BCUT2D eigenvalue weighted by atomic mass is 10.1. The maximum Gasteiger partial charge on any atom is 0.305 e.